The lowest BCUT2D eigenvalue weighted by atomic mass is 10.0. The lowest BCUT2D eigenvalue weighted by molar-refractivity contribution is 0.1000. The molecule has 2 heterocycles. The first-order valence-electron chi connectivity index (χ1n) is 6.69. The van der Waals surface area contributed by atoms with Gasteiger partial charge in [0.2, 0.25) is 5.91 Å². The predicted molar refractivity (Wildman–Crippen MR) is 83.7 cm³/mol. The third-order valence-corrected chi connectivity index (χ3v) is 3.42. The van der Waals surface area contributed by atoms with Gasteiger partial charge in [0.05, 0.1) is 11.9 Å². The van der Waals surface area contributed by atoms with Gasteiger partial charge in [-0.15, -0.1) is 0 Å². The number of nitrogens with two attached hydrogens (primary N) is 1. The Kier molecular flexibility index (Phi) is 3.34. The number of pyridine rings is 1. The van der Waals surface area contributed by atoms with Crippen LogP contribution in [0.1, 0.15) is 26.3 Å². The van der Waals surface area contributed by atoms with Crippen molar-refractivity contribution >= 4 is 28.5 Å². The van der Waals surface area contributed by atoms with Crippen molar-refractivity contribution in [3.63, 3.8) is 0 Å². The highest BCUT2D eigenvalue weighted by Crippen LogP contribution is 2.17. The number of rotatable bonds is 3. The zero-order valence-corrected chi connectivity index (χ0v) is 11.9. The number of amides is 2. The highest BCUT2D eigenvalue weighted by Gasteiger charge is 2.12. The summed E-state index contributed by atoms with van der Waals surface area (Å²) in [6.45, 7) is 1.80. The summed E-state index contributed by atoms with van der Waals surface area (Å²) in [4.78, 5) is 30.8. The Hall–Kier alpha value is -3.15. The molecule has 0 aliphatic heterocycles. The summed E-state index contributed by atoms with van der Waals surface area (Å²) in [5.74, 6) is -0.873. The smallest absolute Gasteiger partial charge is 0.255 e. The van der Waals surface area contributed by atoms with Crippen LogP contribution in [0.25, 0.3) is 11.0 Å². The zero-order chi connectivity index (χ0) is 15.7. The SMILES string of the molecule is Cc1ccc(C(N)=O)cc1C(=O)Nc1cnc2[nH]ccc2c1. The van der Waals surface area contributed by atoms with Crippen LogP contribution < -0.4 is 11.1 Å². The van der Waals surface area contributed by atoms with Crippen molar-refractivity contribution in [2.45, 2.75) is 6.92 Å². The van der Waals surface area contributed by atoms with E-state index in [1.807, 2.05) is 12.1 Å². The fourth-order valence-electron chi connectivity index (χ4n) is 2.23. The van der Waals surface area contributed by atoms with Crippen molar-refractivity contribution < 1.29 is 9.59 Å². The number of anilines is 1. The molecule has 1 aromatic carbocycles. The lowest BCUT2D eigenvalue weighted by Gasteiger charge is -2.09. The van der Waals surface area contributed by atoms with Crippen molar-refractivity contribution in [1.82, 2.24) is 9.97 Å². The van der Waals surface area contributed by atoms with Crippen molar-refractivity contribution in [3.05, 3.63) is 59.4 Å². The first-order chi connectivity index (χ1) is 10.5. The van der Waals surface area contributed by atoms with Gasteiger partial charge in [-0.05, 0) is 36.8 Å². The number of primary amides is 1. The Bertz CT molecular complexity index is 883. The molecule has 0 saturated heterocycles. The molecule has 6 nitrogen and oxygen atoms in total. The maximum atomic E-state index is 12.4. The van der Waals surface area contributed by atoms with Crippen molar-refractivity contribution in [3.8, 4) is 0 Å². The average Bonchev–Trinajstić information content (AvgIpc) is 2.94. The van der Waals surface area contributed by atoms with Gasteiger partial charge in [0, 0.05) is 22.7 Å². The van der Waals surface area contributed by atoms with Gasteiger partial charge >= 0.3 is 0 Å². The summed E-state index contributed by atoms with van der Waals surface area (Å²) >= 11 is 0. The molecule has 2 amide bonds. The van der Waals surface area contributed by atoms with Crippen LogP contribution in [0, 0.1) is 6.92 Å². The normalized spacial score (nSPS) is 10.6. The monoisotopic (exact) mass is 294 g/mol. The fourth-order valence-corrected chi connectivity index (χ4v) is 2.23. The molecule has 6 heteroatoms. The maximum Gasteiger partial charge on any atom is 0.255 e. The number of hydrogen-bond acceptors (Lipinski definition) is 3. The molecule has 0 fully saturated rings. The Morgan fingerprint density at radius 2 is 2.05 bits per heavy atom. The van der Waals surface area contributed by atoms with Crippen LogP contribution in [0.5, 0.6) is 0 Å². The van der Waals surface area contributed by atoms with Crippen molar-refractivity contribution in [2.24, 2.45) is 5.73 Å². The number of nitrogens with zero attached hydrogens (tertiary/aromatic N) is 1. The van der Waals surface area contributed by atoms with Crippen LogP contribution in [-0.4, -0.2) is 21.8 Å². The Balaban J connectivity index is 1.90. The second-order valence-corrected chi connectivity index (χ2v) is 4.99. The number of aromatic nitrogens is 2. The number of benzene rings is 1. The third-order valence-electron chi connectivity index (χ3n) is 3.42. The molecular weight excluding hydrogens is 280 g/mol. The lowest BCUT2D eigenvalue weighted by Crippen LogP contribution is -2.16. The van der Waals surface area contributed by atoms with Gasteiger partial charge in [-0.25, -0.2) is 4.98 Å². The van der Waals surface area contributed by atoms with Crippen LogP contribution in [0.2, 0.25) is 0 Å². The van der Waals surface area contributed by atoms with E-state index in [-0.39, 0.29) is 5.91 Å². The van der Waals surface area contributed by atoms with Crippen LogP contribution in [0.4, 0.5) is 5.69 Å². The zero-order valence-electron chi connectivity index (χ0n) is 11.9. The van der Waals surface area contributed by atoms with E-state index in [9.17, 15) is 9.59 Å². The molecular formula is C16H14N4O2. The van der Waals surface area contributed by atoms with Gasteiger partial charge in [0.15, 0.2) is 0 Å². The van der Waals surface area contributed by atoms with E-state index in [2.05, 4.69) is 15.3 Å². The molecule has 0 aliphatic rings. The second-order valence-electron chi connectivity index (χ2n) is 4.99. The number of H-pyrrole nitrogens is 1. The number of hydrogen-bond donors (Lipinski definition) is 3. The standard InChI is InChI=1S/C16H14N4O2/c1-9-2-3-10(14(17)21)7-13(9)16(22)20-12-6-11-4-5-18-15(11)19-8-12/h2-8H,1H3,(H2,17,21)(H,18,19)(H,20,22). The fraction of sp³-hybridized carbons (Fsp3) is 0.0625. The molecule has 0 spiro atoms. The molecule has 0 saturated carbocycles. The molecule has 110 valence electrons. The van der Waals surface area contributed by atoms with Gasteiger partial charge in [0.1, 0.15) is 5.65 Å². The van der Waals surface area contributed by atoms with Gasteiger partial charge < -0.3 is 16.0 Å². The van der Waals surface area contributed by atoms with E-state index in [0.717, 1.165) is 16.6 Å². The maximum absolute atomic E-state index is 12.4. The molecule has 2 aromatic heterocycles. The molecule has 3 aromatic rings. The van der Waals surface area contributed by atoms with E-state index in [1.54, 1.807) is 31.5 Å². The van der Waals surface area contributed by atoms with Crippen LogP contribution in [-0.2, 0) is 0 Å². The quantitative estimate of drug-likeness (QED) is 0.690. The first-order valence-corrected chi connectivity index (χ1v) is 6.69. The van der Waals surface area contributed by atoms with E-state index < -0.39 is 5.91 Å². The number of nitrogens with one attached hydrogen (secondary N) is 2. The van der Waals surface area contributed by atoms with Crippen LogP contribution in [0.3, 0.4) is 0 Å². The molecule has 0 bridgehead atoms. The Labute approximate surface area is 126 Å². The van der Waals surface area contributed by atoms with Gasteiger partial charge in [-0.3, -0.25) is 9.59 Å². The minimum atomic E-state index is -0.565. The molecule has 22 heavy (non-hydrogen) atoms. The van der Waals surface area contributed by atoms with Crippen molar-refractivity contribution in [1.29, 1.82) is 0 Å². The molecule has 0 unspecified atom stereocenters. The number of carbonyl (C=O) groups is 2. The third kappa shape index (κ3) is 2.54. The molecule has 0 radical (unpaired) electrons. The molecule has 3 rings (SSSR count). The summed E-state index contributed by atoms with van der Waals surface area (Å²) in [5, 5.41) is 3.68. The van der Waals surface area contributed by atoms with E-state index >= 15 is 0 Å². The molecule has 4 N–H and O–H groups in total. The van der Waals surface area contributed by atoms with Gasteiger partial charge in [-0.1, -0.05) is 6.07 Å². The Morgan fingerprint density at radius 3 is 2.82 bits per heavy atom. The summed E-state index contributed by atoms with van der Waals surface area (Å²) in [5.41, 5.74) is 8.06. The minimum Gasteiger partial charge on any atom is -0.366 e. The largest absolute Gasteiger partial charge is 0.366 e. The summed E-state index contributed by atoms with van der Waals surface area (Å²) < 4.78 is 0. The van der Waals surface area contributed by atoms with Crippen LogP contribution >= 0.6 is 0 Å². The Morgan fingerprint density at radius 1 is 1.23 bits per heavy atom. The molecule has 0 aliphatic carbocycles. The van der Waals surface area contributed by atoms with Gasteiger partial charge in [0.25, 0.3) is 5.91 Å². The summed E-state index contributed by atoms with van der Waals surface area (Å²) in [6.07, 6.45) is 3.35. The summed E-state index contributed by atoms with van der Waals surface area (Å²) in [6, 6.07) is 8.49. The number of aromatic amines is 1. The number of aryl methyl sites for hydroxylation is 1. The van der Waals surface area contributed by atoms with E-state index in [4.69, 9.17) is 5.73 Å². The van der Waals surface area contributed by atoms with Gasteiger partial charge in [-0.2, -0.15) is 0 Å². The number of fused-ring (bicyclic) bond motifs is 1. The van der Waals surface area contributed by atoms with E-state index in [0.29, 0.717) is 16.8 Å². The summed E-state index contributed by atoms with van der Waals surface area (Å²) in [7, 11) is 0. The topological polar surface area (TPSA) is 101 Å². The number of carbonyl (C=O) groups excluding carboxylic acids is 2. The minimum absolute atomic E-state index is 0.301. The van der Waals surface area contributed by atoms with Crippen molar-refractivity contribution in [2.75, 3.05) is 5.32 Å². The predicted octanol–water partition coefficient (Wildman–Crippen LogP) is 2.22. The first kappa shape index (κ1) is 13.8. The van der Waals surface area contributed by atoms with E-state index in [1.165, 1.54) is 6.07 Å². The second kappa shape index (κ2) is 5.33. The average molecular weight is 294 g/mol. The van der Waals surface area contributed by atoms with Crippen LogP contribution in [0.15, 0.2) is 42.7 Å². The highest BCUT2D eigenvalue weighted by atomic mass is 16.2. The highest BCUT2D eigenvalue weighted by molar-refractivity contribution is 6.07. The molecule has 0 atom stereocenters.